The minimum atomic E-state index is -0.348. The van der Waals surface area contributed by atoms with Gasteiger partial charge in [0.25, 0.3) is 0 Å². The van der Waals surface area contributed by atoms with Crippen LogP contribution >= 0.6 is 11.6 Å². The predicted molar refractivity (Wildman–Crippen MR) is 68.9 cm³/mol. The highest BCUT2D eigenvalue weighted by atomic mass is 35.5. The van der Waals surface area contributed by atoms with Gasteiger partial charge in [-0.25, -0.2) is 9.07 Å². The number of nitrogens with zero attached hydrogens (tertiary/aromatic N) is 3. The van der Waals surface area contributed by atoms with Gasteiger partial charge >= 0.3 is 0 Å². The number of anilines is 1. The number of aromatic nitrogens is 3. The lowest BCUT2D eigenvalue weighted by atomic mass is 10.2. The Hall–Kier alpha value is -1.62. The van der Waals surface area contributed by atoms with Gasteiger partial charge in [-0.3, -0.25) is 0 Å². The van der Waals surface area contributed by atoms with Crippen molar-refractivity contribution in [3.8, 4) is 0 Å². The van der Waals surface area contributed by atoms with Gasteiger partial charge in [-0.2, -0.15) is 0 Å². The van der Waals surface area contributed by atoms with Gasteiger partial charge in [0.05, 0.1) is 12.2 Å². The standard InChI is InChI=1S/C12H14ClFN4/c1-2-4-11-12(15)16-17-18(11)7-8-9(13)5-3-6-10(8)14/h3,5-6H,2,4,7,15H2,1H3. The summed E-state index contributed by atoms with van der Waals surface area (Å²) in [6.07, 6.45) is 1.67. The number of halogens is 2. The fourth-order valence-electron chi connectivity index (χ4n) is 1.80. The Balaban J connectivity index is 2.34. The van der Waals surface area contributed by atoms with E-state index in [4.69, 9.17) is 17.3 Å². The quantitative estimate of drug-likeness (QED) is 0.927. The van der Waals surface area contributed by atoms with E-state index in [0.717, 1.165) is 18.5 Å². The van der Waals surface area contributed by atoms with Gasteiger partial charge in [-0.1, -0.05) is 36.2 Å². The van der Waals surface area contributed by atoms with Crippen LogP contribution in [0, 0.1) is 5.82 Å². The first-order valence-electron chi connectivity index (χ1n) is 5.74. The van der Waals surface area contributed by atoms with Crippen molar-refractivity contribution in [2.75, 3.05) is 5.73 Å². The zero-order valence-corrected chi connectivity index (χ0v) is 10.8. The summed E-state index contributed by atoms with van der Waals surface area (Å²) in [6, 6.07) is 4.60. The molecule has 0 spiro atoms. The largest absolute Gasteiger partial charge is 0.381 e. The van der Waals surface area contributed by atoms with Crippen LogP contribution in [0.5, 0.6) is 0 Å². The molecule has 2 aromatic rings. The van der Waals surface area contributed by atoms with Crippen molar-refractivity contribution >= 4 is 17.4 Å². The molecule has 18 heavy (non-hydrogen) atoms. The van der Waals surface area contributed by atoms with Gasteiger partial charge in [0.2, 0.25) is 0 Å². The molecule has 0 bridgehead atoms. The Kier molecular flexibility index (Phi) is 3.81. The van der Waals surface area contributed by atoms with Gasteiger partial charge in [0.1, 0.15) is 5.82 Å². The summed E-state index contributed by atoms with van der Waals surface area (Å²) in [4.78, 5) is 0. The molecule has 1 aromatic carbocycles. The summed E-state index contributed by atoms with van der Waals surface area (Å²) in [7, 11) is 0. The number of hydrogen-bond donors (Lipinski definition) is 1. The van der Waals surface area contributed by atoms with Crippen molar-refractivity contribution < 1.29 is 4.39 Å². The second-order valence-corrected chi connectivity index (χ2v) is 4.44. The summed E-state index contributed by atoms with van der Waals surface area (Å²) in [6.45, 7) is 2.28. The van der Waals surface area contributed by atoms with E-state index in [1.54, 1.807) is 16.8 Å². The first-order chi connectivity index (χ1) is 8.63. The first kappa shape index (κ1) is 12.8. The number of nitrogen functional groups attached to an aromatic ring is 1. The highest BCUT2D eigenvalue weighted by Crippen LogP contribution is 2.21. The monoisotopic (exact) mass is 268 g/mol. The van der Waals surface area contributed by atoms with Gasteiger partial charge in [-0.15, -0.1) is 5.10 Å². The molecule has 2 rings (SSSR count). The number of rotatable bonds is 4. The molecule has 0 saturated carbocycles. The molecule has 0 saturated heterocycles. The Morgan fingerprint density at radius 3 is 2.89 bits per heavy atom. The van der Waals surface area contributed by atoms with E-state index in [0.29, 0.717) is 16.4 Å². The second-order valence-electron chi connectivity index (χ2n) is 4.03. The lowest BCUT2D eigenvalue weighted by Crippen LogP contribution is -2.09. The Morgan fingerprint density at radius 2 is 2.22 bits per heavy atom. The fraction of sp³-hybridized carbons (Fsp3) is 0.333. The molecule has 96 valence electrons. The second kappa shape index (κ2) is 5.35. The summed E-state index contributed by atoms with van der Waals surface area (Å²) in [5, 5.41) is 8.13. The maximum Gasteiger partial charge on any atom is 0.169 e. The lowest BCUT2D eigenvalue weighted by Gasteiger charge is -2.08. The van der Waals surface area contributed by atoms with Crippen LogP contribution in [0.15, 0.2) is 18.2 Å². The maximum absolute atomic E-state index is 13.7. The molecule has 0 atom stereocenters. The highest BCUT2D eigenvalue weighted by Gasteiger charge is 2.13. The van der Waals surface area contributed by atoms with E-state index in [1.165, 1.54) is 6.07 Å². The molecular formula is C12H14ClFN4. The number of hydrogen-bond acceptors (Lipinski definition) is 3. The first-order valence-corrected chi connectivity index (χ1v) is 6.12. The molecule has 6 heteroatoms. The third kappa shape index (κ3) is 2.46. The molecule has 0 radical (unpaired) electrons. The minimum Gasteiger partial charge on any atom is -0.381 e. The summed E-state index contributed by atoms with van der Waals surface area (Å²) in [5.41, 5.74) is 6.96. The molecule has 0 aliphatic rings. The van der Waals surface area contributed by atoms with Crippen LogP contribution in [-0.4, -0.2) is 15.0 Å². The molecule has 0 amide bonds. The van der Waals surface area contributed by atoms with Crippen LogP contribution in [0.25, 0.3) is 0 Å². The molecular weight excluding hydrogens is 255 g/mol. The van der Waals surface area contributed by atoms with Crippen molar-refractivity contribution in [1.29, 1.82) is 0 Å². The van der Waals surface area contributed by atoms with Gasteiger partial charge in [0.15, 0.2) is 5.82 Å². The van der Waals surface area contributed by atoms with E-state index >= 15 is 0 Å². The normalized spacial score (nSPS) is 10.8. The van der Waals surface area contributed by atoms with Crippen LogP contribution in [0.4, 0.5) is 10.2 Å². The van der Waals surface area contributed by atoms with E-state index in [1.807, 2.05) is 6.92 Å². The molecule has 0 unspecified atom stereocenters. The van der Waals surface area contributed by atoms with E-state index in [-0.39, 0.29) is 12.4 Å². The zero-order valence-electron chi connectivity index (χ0n) is 10.0. The molecule has 1 heterocycles. The third-order valence-electron chi connectivity index (χ3n) is 2.72. The molecule has 0 aliphatic carbocycles. The maximum atomic E-state index is 13.7. The van der Waals surface area contributed by atoms with Crippen LogP contribution in [0.3, 0.4) is 0 Å². The van der Waals surface area contributed by atoms with Crippen LogP contribution < -0.4 is 5.73 Å². The molecule has 0 aliphatic heterocycles. The van der Waals surface area contributed by atoms with Crippen LogP contribution in [0.1, 0.15) is 24.6 Å². The third-order valence-corrected chi connectivity index (χ3v) is 3.08. The SMILES string of the molecule is CCCc1c(N)nnn1Cc1c(F)cccc1Cl. The average molecular weight is 269 g/mol. The van der Waals surface area contributed by atoms with E-state index in [9.17, 15) is 4.39 Å². The summed E-state index contributed by atoms with van der Waals surface area (Å²) >= 11 is 5.98. The Bertz CT molecular complexity index is 533. The van der Waals surface area contributed by atoms with Crippen LogP contribution in [-0.2, 0) is 13.0 Å². The van der Waals surface area contributed by atoms with Crippen molar-refractivity contribution in [1.82, 2.24) is 15.0 Å². The zero-order chi connectivity index (χ0) is 13.1. The lowest BCUT2D eigenvalue weighted by molar-refractivity contribution is 0.564. The summed E-state index contributed by atoms with van der Waals surface area (Å²) in [5.74, 6) is 0.0448. The fourth-order valence-corrected chi connectivity index (χ4v) is 2.02. The van der Waals surface area contributed by atoms with Gasteiger partial charge in [-0.05, 0) is 18.6 Å². The molecule has 0 fully saturated rings. The topological polar surface area (TPSA) is 56.7 Å². The van der Waals surface area contributed by atoms with E-state index in [2.05, 4.69) is 10.3 Å². The smallest absolute Gasteiger partial charge is 0.169 e. The van der Waals surface area contributed by atoms with Crippen molar-refractivity contribution in [3.05, 3.63) is 40.3 Å². The van der Waals surface area contributed by atoms with Crippen molar-refractivity contribution in [3.63, 3.8) is 0 Å². The Labute approximate surface area is 110 Å². The van der Waals surface area contributed by atoms with Crippen molar-refractivity contribution in [2.24, 2.45) is 0 Å². The predicted octanol–water partition coefficient (Wildman–Crippen LogP) is 2.65. The van der Waals surface area contributed by atoms with Crippen LogP contribution in [0.2, 0.25) is 5.02 Å². The Morgan fingerprint density at radius 1 is 1.44 bits per heavy atom. The van der Waals surface area contributed by atoms with Gasteiger partial charge < -0.3 is 5.73 Å². The average Bonchev–Trinajstić information content (AvgIpc) is 2.67. The molecule has 4 nitrogen and oxygen atoms in total. The number of benzene rings is 1. The molecule has 2 N–H and O–H groups in total. The highest BCUT2D eigenvalue weighted by molar-refractivity contribution is 6.31. The minimum absolute atomic E-state index is 0.241. The van der Waals surface area contributed by atoms with Crippen molar-refractivity contribution in [2.45, 2.75) is 26.3 Å². The van der Waals surface area contributed by atoms with E-state index < -0.39 is 0 Å². The molecule has 1 aromatic heterocycles. The number of nitrogens with two attached hydrogens (primary N) is 1. The summed E-state index contributed by atoms with van der Waals surface area (Å²) < 4.78 is 15.3. The van der Waals surface area contributed by atoms with Gasteiger partial charge in [0, 0.05) is 10.6 Å².